The molecule has 2 aromatic heterocycles. The second-order valence-electron chi connectivity index (χ2n) is 6.51. The number of hydrogen-bond acceptors (Lipinski definition) is 6. The van der Waals surface area contributed by atoms with Gasteiger partial charge in [-0.15, -0.1) is 0 Å². The zero-order chi connectivity index (χ0) is 17.1. The Labute approximate surface area is 141 Å². The second kappa shape index (κ2) is 6.97. The maximum absolute atomic E-state index is 10.9. The lowest BCUT2D eigenvalue weighted by Crippen LogP contribution is -2.52. The number of anilines is 1. The first-order valence-electron chi connectivity index (χ1n) is 8.22. The van der Waals surface area contributed by atoms with Gasteiger partial charge < -0.3 is 14.7 Å². The molecule has 24 heavy (non-hydrogen) atoms. The third-order valence-corrected chi connectivity index (χ3v) is 4.95. The molecule has 0 aliphatic carbocycles. The third-order valence-electron chi connectivity index (χ3n) is 4.95. The Morgan fingerprint density at radius 2 is 2.42 bits per heavy atom. The minimum atomic E-state index is -0.556. The fourth-order valence-electron chi connectivity index (χ4n) is 3.47. The van der Waals surface area contributed by atoms with Crippen LogP contribution >= 0.6 is 0 Å². The quantitative estimate of drug-likeness (QED) is 0.837. The number of fused-ring (bicyclic) bond motifs is 1. The standard InChI is InChI=1S/C17H22N6O/c1-12-4-6-23(8-13(7-18)10-24)9-15(12)22(2)17-14-3-5-19-16(14)20-11-21-17/h3,5,10-13,15H,4,6,8-9H2,1-2H3,(H,19,20,21)/t12-,13?,15+/m1/s1. The summed E-state index contributed by atoms with van der Waals surface area (Å²) in [6, 6.07) is 4.32. The Kier molecular flexibility index (Phi) is 4.76. The van der Waals surface area contributed by atoms with Crippen molar-refractivity contribution in [1.82, 2.24) is 19.9 Å². The largest absolute Gasteiger partial charge is 0.354 e. The number of aromatic nitrogens is 3. The molecule has 0 saturated carbocycles. The zero-order valence-corrected chi connectivity index (χ0v) is 14.0. The molecule has 3 heterocycles. The number of aldehydes is 1. The summed E-state index contributed by atoms with van der Waals surface area (Å²) >= 11 is 0. The van der Waals surface area contributed by atoms with Crippen LogP contribution in [-0.2, 0) is 4.79 Å². The van der Waals surface area contributed by atoms with Crippen LogP contribution in [0.2, 0.25) is 0 Å². The Hall–Kier alpha value is -2.46. The van der Waals surface area contributed by atoms with Gasteiger partial charge in [0.15, 0.2) is 0 Å². The molecule has 2 aromatic rings. The molecule has 0 aromatic carbocycles. The molecule has 1 unspecified atom stereocenters. The number of aromatic amines is 1. The maximum atomic E-state index is 10.9. The minimum Gasteiger partial charge on any atom is -0.354 e. The van der Waals surface area contributed by atoms with Crippen molar-refractivity contribution in [2.24, 2.45) is 11.8 Å². The fraction of sp³-hybridized carbons (Fsp3) is 0.529. The van der Waals surface area contributed by atoms with Crippen LogP contribution in [0.5, 0.6) is 0 Å². The summed E-state index contributed by atoms with van der Waals surface area (Å²) in [5.74, 6) is 0.860. The van der Waals surface area contributed by atoms with E-state index in [1.807, 2.05) is 12.3 Å². The highest BCUT2D eigenvalue weighted by Crippen LogP contribution is 2.28. The summed E-state index contributed by atoms with van der Waals surface area (Å²) in [5.41, 5.74) is 0.831. The molecular weight excluding hydrogens is 304 g/mol. The van der Waals surface area contributed by atoms with E-state index in [-0.39, 0.29) is 6.04 Å². The van der Waals surface area contributed by atoms with E-state index in [2.05, 4.69) is 44.8 Å². The molecule has 7 heteroatoms. The molecule has 1 fully saturated rings. The van der Waals surface area contributed by atoms with E-state index in [4.69, 9.17) is 5.26 Å². The van der Waals surface area contributed by atoms with E-state index < -0.39 is 5.92 Å². The summed E-state index contributed by atoms with van der Waals surface area (Å²) in [6.45, 7) is 4.48. The Bertz CT molecular complexity index is 751. The number of hydrogen-bond donors (Lipinski definition) is 1. The Morgan fingerprint density at radius 1 is 1.58 bits per heavy atom. The number of nitrogens with zero attached hydrogens (tertiary/aromatic N) is 5. The highest BCUT2D eigenvalue weighted by Gasteiger charge is 2.31. The first-order chi connectivity index (χ1) is 11.6. The molecule has 0 spiro atoms. The van der Waals surface area contributed by atoms with Crippen molar-refractivity contribution in [1.29, 1.82) is 5.26 Å². The average Bonchev–Trinajstić information content (AvgIpc) is 3.09. The highest BCUT2D eigenvalue weighted by atomic mass is 16.1. The Morgan fingerprint density at radius 3 is 3.17 bits per heavy atom. The first kappa shape index (κ1) is 16.4. The van der Waals surface area contributed by atoms with E-state index in [1.54, 1.807) is 6.33 Å². The van der Waals surface area contributed by atoms with Gasteiger partial charge >= 0.3 is 0 Å². The number of H-pyrrole nitrogens is 1. The second-order valence-corrected chi connectivity index (χ2v) is 6.51. The van der Waals surface area contributed by atoms with E-state index in [0.717, 1.165) is 42.6 Å². The first-order valence-corrected chi connectivity index (χ1v) is 8.22. The Balaban J connectivity index is 1.80. The van der Waals surface area contributed by atoms with Gasteiger partial charge in [-0.05, 0) is 24.9 Å². The minimum absolute atomic E-state index is 0.276. The highest BCUT2D eigenvalue weighted by molar-refractivity contribution is 5.87. The van der Waals surface area contributed by atoms with Gasteiger partial charge in [0.2, 0.25) is 0 Å². The molecule has 7 nitrogen and oxygen atoms in total. The molecule has 0 radical (unpaired) electrons. The normalized spacial score (nSPS) is 22.9. The molecular formula is C17H22N6O. The summed E-state index contributed by atoms with van der Waals surface area (Å²) in [6.07, 6.45) is 5.22. The summed E-state index contributed by atoms with van der Waals surface area (Å²) in [5, 5.41) is 10.0. The number of likely N-dealkylation sites (N-methyl/N-ethyl adjacent to an activating group) is 1. The SMILES string of the molecule is C[C@@H]1CCN(CC(C#N)C=O)C[C@@H]1N(C)c1ncnc2[nH]ccc12. The number of carbonyl (C=O) groups excluding carboxylic acids is 1. The van der Waals surface area contributed by atoms with Crippen LogP contribution in [-0.4, -0.2) is 58.9 Å². The molecule has 1 aliphatic rings. The molecule has 1 saturated heterocycles. The summed E-state index contributed by atoms with van der Waals surface area (Å²) < 4.78 is 0. The number of nitriles is 1. The van der Waals surface area contributed by atoms with Crippen molar-refractivity contribution in [2.75, 3.05) is 31.6 Å². The van der Waals surface area contributed by atoms with Crippen molar-refractivity contribution >= 4 is 23.1 Å². The maximum Gasteiger partial charge on any atom is 0.142 e. The topological polar surface area (TPSA) is 88.9 Å². The van der Waals surface area contributed by atoms with Gasteiger partial charge in [0.1, 0.15) is 30.0 Å². The van der Waals surface area contributed by atoms with Crippen molar-refractivity contribution < 1.29 is 4.79 Å². The number of likely N-dealkylation sites (tertiary alicyclic amines) is 1. The van der Waals surface area contributed by atoms with Crippen molar-refractivity contribution in [2.45, 2.75) is 19.4 Å². The van der Waals surface area contributed by atoms with Gasteiger partial charge in [-0.25, -0.2) is 9.97 Å². The van der Waals surface area contributed by atoms with Crippen LogP contribution in [0.25, 0.3) is 11.0 Å². The molecule has 0 bridgehead atoms. The van der Waals surface area contributed by atoms with Crippen molar-refractivity contribution in [3.05, 3.63) is 18.6 Å². The predicted molar refractivity (Wildman–Crippen MR) is 91.5 cm³/mol. The number of piperidine rings is 1. The predicted octanol–water partition coefficient (Wildman–Crippen LogP) is 1.44. The molecule has 1 aliphatic heterocycles. The van der Waals surface area contributed by atoms with Crippen molar-refractivity contribution in [3.63, 3.8) is 0 Å². The fourth-order valence-corrected chi connectivity index (χ4v) is 3.47. The van der Waals surface area contributed by atoms with E-state index >= 15 is 0 Å². The zero-order valence-electron chi connectivity index (χ0n) is 14.0. The van der Waals surface area contributed by atoms with Crippen LogP contribution in [0.3, 0.4) is 0 Å². The molecule has 1 N–H and O–H groups in total. The molecule has 3 rings (SSSR count). The lowest BCUT2D eigenvalue weighted by atomic mass is 9.91. The van der Waals surface area contributed by atoms with Gasteiger partial charge in [-0.1, -0.05) is 6.92 Å². The lowest BCUT2D eigenvalue weighted by molar-refractivity contribution is -0.110. The van der Waals surface area contributed by atoms with Crippen LogP contribution < -0.4 is 4.90 Å². The molecule has 126 valence electrons. The van der Waals surface area contributed by atoms with Crippen molar-refractivity contribution in [3.8, 4) is 6.07 Å². The van der Waals surface area contributed by atoms with Crippen LogP contribution in [0.1, 0.15) is 13.3 Å². The number of rotatable bonds is 5. The smallest absolute Gasteiger partial charge is 0.142 e. The monoisotopic (exact) mass is 326 g/mol. The molecule has 0 amide bonds. The molecule has 3 atom stereocenters. The van der Waals surface area contributed by atoms with Gasteiger partial charge in [-0.3, -0.25) is 4.90 Å². The van der Waals surface area contributed by atoms with E-state index in [9.17, 15) is 4.79 Å². The number of nitrogens with one attached hydrogen (secondary N) is 1. The van der Waals surface area contributed by atoms with E-state index in [1.165, 1.54) is 0 Å². The van der Waals surface area contributed by atoms with Gasteiger partial charge in [-0.2, -0.15) is 5.26 Å². The average molecular weight is 326 g/mol. The van der Waals surface area contributed by atoms with Gasteiger partial charge in [0.25, 0.3) is 0 Å². The van der Waals surface area contributed by atoms with Gasteiger partial charge in [0, 0.05) is 32.4 Å². The van der Waals surface area contributed by atoms with E-state index in [0.29, 0.717) is 12.5 Å². The summed E-state index contributed by atoms with van der Waals surface area (Å²) in [7, 11) is 2.06. The van der Waals surface area contributed by atoms with Crippen LogP contribution in [0.4, 0.5) is 5.82 Å². The number of carbonyl (C=O) groups is 1. The van der Waals surface area contributed by atoms with Crippen LogP contribution in [0, 0.1) is 23.2 Å². The summed E-state index contributed by atoms with van der Waals surface area (Å²) in [4.78, 5) is 27.2. The lowest BCUT2D eigenvalue weighted by Gasteiger charge is -2.42. The van der Waals surface area contributed by atoms with Crippen LogP contribution in [0.15, 0.2) is 18.6 Å². The third kappa shape index (κ3) is 3.10. The van der Waals surface area contributed by atoms with Gasteiger partial charge in [0.05, 0.1) is 11.5 Å².